The zero-order valence-corrected chi connectivity index (χ0v) is 19.5. The fourth-order valence-electron chi connectivity index (χ4n) is 2.69. The van der Waals surface area contributed by atoms with Crippen LogP contribution in [0.25, 0.3) is 0 Å². The summed E-state index contributed by atoms with van der Waals surface area (Å²) in [4.78, 5) is 18.1. The van der Waals surface area contributed by atoms with Gasteiger partial charge in [-0.2, -0.15) is 5.10 Å². The van der Waals surface area contributed by atoms with E-state index in [1.807, 2.05) is 60.7 Å². The van der Waals surface area contributed by atoms with Gasteiger partial charge in [-0.25, -0.2) is 4.98 Å². The summed E-state index contributed by atoms with van der Waals surface area (Å²) in [6.07, 6.45) is 1.68. The fourth-order valence-corrected chi connectivity index (χ4v) is 3.71. The van der Waals surface area contributed by atoms with Crippen LogP contribution in [0.15, 0.2) is 90.0 Å². The van der Waals surface area contributed by atoms with Gasteiger partial charge in [0.1, 0.15) is 4.88 Å². The summed E-state index contributed by atoms with van der Waals surface area (Å²) < 4.78 is 0. The number of hydrogen-bond acceptors (Lipinski definition) is 7. The average molecular weight is 479 g/mol. The molecule has 8 heteroatoms. The molecule has 1 aromatic heterocycles. The molecule has 0 aliphatic rings. The molecule has 0 aliphatic heterocycles. The second-order valence-corrected chi connectivity index (χ2v) is 8.06. The molecule has 33 heavy (non-hydrogen) atoms. The predicted octanol–water partition coefficient (Wildman–Crippen LogP) is 6.22. The first-order valence-electron chi connectivity index (χ1n) is 10.2. The van der Waals surface area contributed by atoms with Crippen LogP contribution in [0.4, 0.5) is 16.6 Å². The third-order valence-corrected chi connectivity index (χ3v) is 5.37. The molecule has 168 valence electrons. The molecular weight excluding hydrogens is 456 g/mol. The van der Waals surface area contributed by atoms with Crippen LogP contribution < -0.4 is 10.7 Å². The van der Waals surface area contributed by atoms with E-state index < -0.39 is 0 Å². The molecule has 0 radical (unpaired) electrons. The minimum atomic E-state index is -0.150. The molecular formula is C25H23ClN4O2S. The van der Waals surface area contributed by atoms with Gasteiger partial charge in [0, 0.05) is 22.9 Å². The lowest BCUT2D eigenvalue weighted by molar-refractivity contribution is 0.104. The number of aliphatic hydroxyl groups is 1. The summed E-state index contributed by atoms with van der Waals surface area (Å²) >= 11 is 7.22. The third-order valence-electron chi connectivity index (χ3n) is 4.15. The van der Waals surface area contributed by atoms with Gasteiger partial charge in [0.25, 0.3) is 0 Å². The highest BCUT2D eigenvalue weighted by molar-refractivity contribution is 7.18. The Bertz CT molecular complexity index is 1180. The molecule has 0 atom stereocenters. The minimum absolute atomic E-state index is 0.150. The van der Waals surface area contributed by atoms with E-state index in [1.54, 1.807) is 37.4 Å². The Morgan fingerprint density at radius 2 is 1.64 bits per heavy atom. The average Bonchev–Trinajstić information content (AvgIpc) is 3.23. The maximum Gasteiger partial charge on any atom is 0.206 e. The van der Waals surface area contributed by atoms with Crippen molar-refractivity contribution in [2.75, 3.05) is 17.3 Å². The molecule has 0 amide bonds. The van der Waals surface area contributed by atoms with Crippen molar-refractivity contribution >= 4 is 51.6 Å². The van der Waals surface area contributed by atoms with E-state index in [0.29, 0.717) is 26.4 Å². The normalized spacial score (nSPS) is 10.4. The number of thiazole rings is 1. The van der Waals surface area contributed by atoms with Crippen LogP contribution in [0, 0.1) is 0 Å². The summed E-state index contributed by atoms with van der Waals surface area (Å²) in [5.41, 5.74) is 5.27. The number of para-hydroxylation sites is 1. The lowest BCUT2D eigenvalue weighted by Gasteiger charge is -2.01. The van der Waals surface area contributed by atoms with Crippen molar-refractivity contribution in [3.63, 3.8) is 0 Å². The number of hydrogen-bond donors (Lipinski definition) is 3. The first kappa shape index (κ1) is 24.1. The number of carbonyl (C=O) groups is 1. The van der Waals surface area contributed by atoms with Crippen LogP contribution in [0.1, 0.15) is 27.7 Å². The minimum Gasteiger partial charge on any atom is -0.397 e. The summed E-state index contributed by atoms with van der Waals surface area (Å²) in [6.45, 7) is 1.93. The Kier molecular flexibility index (Phi) is 9.14. The van der Waals surface area contributed by atoms with Gasteiger partial charge in [0.05, 0.1) is 6.21 Å². The maximum atomic E-state index is 13.1. The first-order valence-corrected chi connectivity index (χ1v) is 11.4. The SMILES string of the molecule is CCO.O=C(c1ccc(Cl)cc1)c1sc(Nc2ccccc2)nc1N/N=C/c1ccccc1. The van der Waals surface area contributed by atoms with Crippen LogP contribution in [0.5, 0.6) is 0 Å². The van der Waals surface area contributed by atoms with Gasteiger partial charge in [-0.1, -0.05) is 71.5 Å². The fraction of sp³-hybridized carbons (Fsp3) is 0.0800. The van der Waals surface area contributed by atoms with Crippen LogP contribution in [0.2, 0.25) is 5.02 Å². The monoisotopic (exact) mass is 478 g/mol. The summed E-state index contributed by atoms with van der Waals surface area (Å²) in [5, 5.41) is 16.2. The highest BCUT2D eigenvalue weighted by atomic mass is 35.5. The maximum absolute atomic E-state index is 13.1. The molecule has 6 nitrogen and oxygen atoms in total. The molecule has 0 saturated carbocycles. The van der Waals surface area contributed by atoms with Gasteiger partial charge < -0.3 is 10.4 Å². The van der Waals surface area contributed by atoms with Gasteiger partial charge in [0.15, 0.2) is 10.9 Å². The standard InChI is InChI=1S/C23H17ClN4OS.C2H6O/c24-18-13-11-17(12-14-18)20(29)21-22(28-25-15-16-7-3-1-4-8-16)27-23(30-21)26-19-9-5-2-6-10-19;1-2-3/h1-15,28H,(H,26,27);3H,2H2,1H3/b25-15+;. The quantitative estimate of drug-likeness (QED) is 0.167. The lowest BCUT2D eigenvalue weighted by atomic mass is 10.1. The Balaban J connectivity index is 0.000000968. The molecule has 0 fully saturated rings. The molecule has 0 spiro atoms. The van der Waals surface area contributed by atoms with Crippen LogP contribution >= 0.6 is 22.9 Å². The number of nitrogens with one attached hydrogen (secondary N) is 2. The molecule has 1 heterocycles. The van der Waals surface area contributed by atoms with E-state index in [9.17, 15) is 4.79 Å². The third kappa shape index (κ3) is 7.25. The largest absolute Gasteiger partial charge is 0.397 e. The number of ketones is 1. The number of aliphatic hydroxyl groups excluding tert-OH is 1. The van der Waals surface area contributed by atoms with E-state index in [4.69, 9.17) is 16.7 Å². The summed E-state index contributed by atoms with van der Waals surface area (Å²) in [6, 6.07) is 26.1. The highest BCUT2D eigenvalue weighted by Gasteiger charge is 2.20. The van der Waals surface area contributed by atoms with Crippen molar-refractivity contribution in [3.8, 4) is 0 Å². The number of hydrazone groups is 1. The van der Waals surface area contributed by atoms with Gasteiger partial charge >= 0.3 is 0 Å². The van der Waals surface area contributed by atoms with E-state index in [-0.39, 0.29) is 12.4 Å². The second-order valence-electron chi connectivity index (χ2n) is 6.62. The van der Waals surface area contributed by atoms with E-state index in [1.165, 1.54) is 11.3 Å². The molecule has 0 bridgehead atoms. The van der Waals surface area contributed by atoms with Crippen molar-refractivity contribution in [1.29, 1.82) is 0 Å². The number of nitrogens with zero attached hydrogens (tertiary/aromatic N) is 2. The molecule has 0 saturated heterocycles. The number of benzene rings is 3. The van der Waals surface area contributed by atoms with Crippen molar-refractivity contribution in [1.82, 2.24) is 4.98 Å². The van der Waals surface area contributed by atoms with Gasteiger partial charge in [-0.05, 0) is 48.9 Å². The van der Waals surface area contributed by atoms with Gasteiger partial charge in [-0.3, -0.25) is 10.2 Å². The van der Waals surface area contributed by atoms with E-state index in [0.717, 1.165) is 11.3 Å². The van der Waals surface area contributed by atoms with Crippen molar-refractivity contribution in [2.45, 2.75) is 6.92 Å². The van der Waals surface area contributed by atoms with E-state index in [2.05, 4.69) is 20.8 Å². The van der Waals surface area contributed by atoms with Crippen molar-refractivity contribution < 1.29 is 9.90 Å². The van der Waals surface area contributed by atoms with Crippen molar-refractivity contribution in [2.24, 2.45) is 5.10 Å². The van der Waals surface area contributed by atoms with Gasteiger partial charge in [-0.15, -0.1) is 0 Å². The zero-order chi connectivity index (χ0) is 23.5. The zero-order valence-electron chi connectivity index (χ0n) is 17.9. The molecule has 0 unspecified atom stereocenters. The molecule has 3 aromatic carbocycles. The molecule has 4 aromatic rings. The smallest absolute Gasteiger partial charge is 0.206 e. The summed E-state index contributed by atoms with van der Waals surface area (Å²) in [5.74, 6) is 0.244. The van der Waals surface area contributed by atoms with Crippen LogP contribution in [-0.2, 0) is 0 Å². The number of rotatable bonds is 7. The number of halogens is 1. The molecule has 0 aliphatic carbocycles. The Labute approximate surface area is 201 Å². The van der Waals surface area contributed by atoms with Crippen LogP contribution in [-0.4, -0.2) is 28.7 Å². The van der Waals surface area contributed by atoms with E-state index >= 15 is 0 Å². The number of carbonyl (C=O) groups excluding carboxylic acids is 1. The number of anilines is 3. The summed E-state index contributed by atoms with van der Waals surface area (Å²) in [7, 11) is 0. The van der Waals surface area contributed by atoms with Crippen molar-refractivity contribution in [3.05, 3.63) is 106 Å². The molecule has 4 rings (SSSR count). The molecule has 3 N–H and O–H groups in total. The lowest BCUT2D eigenvalue weighted by Crippen LogP contribution is -2.03. The second kappa shape index (κ2) is 12.5. The van der Waals surface area contributed by atoms with Crippen LogP contribution in [0.3, 0.4) is 0 Å². The number of aromatic nitrogens is 1. The highest BCUT2D eigenvalue weighted by Crippen LogP contribution is 2.31. The Morgan fingerprint density at radius 1 is 1.03 bits per heavy atom. The predicted molar refractivity (Wildman–Crippen MR) is 137 cm³/mol. The Hall–Kier alpha value is -3.52. The van der Waals surface area contributed by atoms with Gasteiger partial charge in [0.2, 0.25) is 5.78 Å². The topological polar surface area (TPSA) is 86.6 Å². The first-order chi connectivity index (χ1) is 16.1. The Morgan fingerprint density at radius 3 is 2.27 bits per heavy atom.